The van der Waals surface area contributed by atoms with Crippen molar-refractivity contribution in [3.63, 3.8) is 0 Å². The number of alkyl halides is 3. The first-order valence-electron chi connectivity index (χ1n) is 5.79. The second-order valence-corrected chi connectivity index (χ2v) is 4.28. The van der Waals surface area contributed by atoms with Crippen LogP contribution < -0.4 is 0 Å². The lowest BCUT2D eigenvalue weighted by molar-refractivity contribution is -0.141. The van der Waals surface area contributed by atoms with Gasteiger partial charge < -0.3 is 14.3 Å². The van der Waals surface area contributed by atoms with E-state index in [1.54, 1.807) is 0 Å². The zero-order valence-corrected chi connectivity index (χ0v) is 9.87. The third-order valence-corrected chi connectivity index (χ3v) is 2.81. The lowest BCUT2D eigenvalue weighted by Crippen LogP contribution is -2.21. The number of carbonyl (C=O) groups is 1. The Balaban J connectivity index is 2.20. The summed E-state index contributed by atoms with van der Waals surface area (Å²) < 4.78 is 47.8. The van der Waals surface area contributed by atoms with Crippen LogP contribution in [0.3, 0.4) is 0 Å². The van der Waals surface area contributed by atoms with Gasteiger partial charge in [0.2, 0.25) is 5.76 Å². The van der Waals surface area contributed by atoms with Gasteiger partial charge >= 0.3 is 12.1 Å². The Labute approximate surface area is 106 Å². The number of rotatable bonds is 3. The Hall–Kier alpha value is -1.57. The lowest BCUT2D eigenvalue weighted by Gasteiger charge is -2.20. The number of hydrogen-bond donors (Lipinski definition) is 1. The molecule has 19 heavy (non-hydrogen) atoms. The highest BCUT2D eigenvalue weighted by molar-refractivity contribution is 5.85. The van der Waals surface area contributed by atoms with E-state index in [0.717, 1.165) is 12.8 Å². The molecule has 1 fully saturated rings. The molecular weight excluding hydrogens is 267 g/mol. The van der Waals surface area contributed by atoms with Gasteiger partial charge in [0.15, 0.2) is 11.6 Å². The molecule has 8 heteroatoms. The smallest absolute Gasteiger partial charge is 0.437 e. The number of nitrogens with zero attached hydrogens (tertiary/aromatic N) is 1. The highest BCUT2D eigenvalue weighted by atomic mass is 19.4. The van der Waals surface area contributed by atoms with Gasteiger partial charge in [0.05, 0.1) is 12.5 Å². The monoisotopic (exact) mass is 279 g/mol. The Morgan fingerprint density at radius 2 is 2.16 bits per heavy atom. The summed E-state index contributed by atoms with van der Waals surface area (Å²) in [6.07, 6.45) is -2.53. The van der Waals surface area contributed by atoms with Gasteiger partial charge in [-0.15, -0.1) is 0 Å². The molecule has 1 saturated heterocycles. The lowest BCUT2D eigenvalue weighted by atomic mass is 10.1. The van der Waals surface area contributed by atoms with Crippen molar-refractivity contribution in [1.29, 1.82) is 0 Å². The number of carboxylic acid groups (broad SMARTS) is 1. The number of aromatic carboxylic acids is 1. The maximum Gasteiger partial charge on any atom is 0.437 e. The molecule has 2 heterocycles. The number of oxazole rings is 1. The average Bonchev–Trinajstić information content (AvgIpc) is 2.74. The molecule has 0 amide bonds. The predicted octanol–water partition coefficient (Wildman–Crippen LogP) is 2.50. The van der Waals surface area contributed by atoms with Crippen molar-refractivity contribution < 1.29 is 32.2 Å². The van der Waals surface area contributed by atoms with Gasteiger partial charge in [0.25, 0.3) is 0 Å². The van der Waals surface area contributed by atoms with Crippen LogP contribution in [0.4, 0.5) is 13.2 Å². The Bertz CT molecular complexity index is 463. The van der Waals surface area contributed by atoms with Crippen molar-refractivity contribution >= 4 is 5.97 Å². The minimum Gasteiger partial charge on any atom is -0.475 e. The van der Waals surface area contributed by atoms with E-state index in [-0.39, 0.29) is 18.4 Å². The number of halogens is 3. The highest BCUT2D eigenvalue weighted by Gasteiger charge is 2.41. The highest BCUT2D eigenvalue weighted by Crippen LogP contribution is 2.32. The number of aromatic nitrogens is 1. The maximum atomic E-state index is 12.6. The first-order chi connectivity index (χ1) is 8.88. The van der Waals surface area contributed by atoms with Crippen LogP contribution in [0.1, 0.15) is 41.4 Å². The summed E-state index contributed by atoms with van der Waals surface area (Å²) in [5.74, 6) is -3.20. The fraction of sp³-hybridized carbons (Fsp3) is 0.636. The van der Waals surface area contributed by atoms with Crippen molar-refractivity contribution in [2.45, 2.75) is 38.0 Å². The quantitative estimate of drug-likeness (QED) is 0.920. The van der Waals surface area contributed by atoms with E-state index in [4.69, 9.17) is 14.3 Å². The summed E-state index contributed by atoms with van der Waals surface area (Å²) in [7, 11) is 0. The van der Waals surface area contributed by atoms with Gasteiger partial charge in [0, 0.05) is 6.61 Å². The molecule has 106 valence electrons. The maximum absolute atomic E-state index is 12.6. The molecular formula is C11H12F3NO4. The van der Waals surface area contributed by atoms with E-state index in [1.807, 2.05) is 0 Å². The SMILES string of the molecule is O=C(O)c1oc(CC2CCCCO2)nc1C(F)(F)F. The molecule has 0 aromatic carbocycles. The normalized spacial score (nSPS) is 20.5. The fourth-order valence-electron chi connectivity index (χ4n) is 1.95. The molecule has 1 aliphatic heterocycles. The van der Waals surface area contributed by atoms with Gasteiger partial charge in [-0.1, -0.05) is 0 Å². The first-order valence-corrected chi connectivity index (χ1v) is 5.79. The van der Waals surface area contributed by atoms with Crippen molar-refractivity contribution in [2.75, 3.05) is 6.61 Å². The fourth-order valence-corrected chi connectivity index (χ4v) is 1.95. The number of carboxylic acids is 1. The van der Waals surface area contributed by atoms with Crippen LogP contribution in [0, 0.1) is 0 Å². The predicted molar refractivity (Wildman–Crippen MR) is 55.8 cm³/mol. The summed E-state index contributed by atoms with van der Waals surface area (Å²) in [5.41, 5.74) is -1.49. The standard InChI is InChI=1S/C11H12F3NO4/c12-11(13,14)9-8(10(16)17)19-7(15-9)5-6-3-1-2-4-18-6/h6H,1-5H2,(H,16,17). The zero-order valence-electron chi connectivity index (χ0n) is 9.87. The third kappa shape index (κ3) is 3.25. The second kappa shape index (κ2) is 5.20. The zero-order chi connectivity index (χ0) is 14.0. The van der Waals surface area contributed by atoms with E-state index >= 15 is 0 Å². The molecule has 0 aliphatic carbocycles. The van der Waals surface area contributed by atoms with Crippen LogP contribution >= 0.6 is 0 Å². The minimum atomic E-state index is -4.84. The molecule has 0 saturated carbocycles. The first kappa shape index (κ1) is 13.9. The van der Waals surface area contributed by atoms with Crippen LogP contribution in [0.25, 0.3) is 0 Å². The Morgan fingerprint density at radius 3 is 2.63 bits per heavy atom. The van der Waals surface area contributed by atoms with Crippen molar-refractivity contribution in [2.24, 2.45) is 0 Å². The van der Waals surface area contributed by atoms with Crippen molar-refractivity contribution in [3.05, 3.63) is 17.3 Å². The van der Waals surface area contributed by atoms with E-state index in [1.165, 1.54) is 0 Å². The largest absolute Gasteiger partial charge is 0.475 e. The van der Waals surface area contributed by atoms with Crippen LogP contribution in [-0.4, -0.2) is 28.8 Å². The van der Waals surface area contributed by atoms with E-state index < -0.39 is 23.6 Å². The van der Waals surface area contributed by atoms with Gasteiger partial charge in [0.1, 0.15) is 0 Å². The van der Waals surface area contributed by atoms with E-state index in [0.29, 0.717) is 13.0 Å². The molecule has 1 atom stereocenters. The molecule has 1 aromatic heterocycles. The number of hydrogen-bond acceptors (Lipinski definition) is 4. The summed E-state index contributed by atoms with van der Waals surface area (Å²) in [5, 5.41) is 8.68. The molecule has 1 unspecified atom stereocenters. The molecule has 1 aromatic rings. The number of ether oxygens (including phenoxy) is 1. The summed E-state index contributed by atoms with van der Waals surface area (Å²) >= 11 is 0. The van der Waals surface area contributed by atoms with Gasteiger partial charge in [-0.05, 0) is 19.3 Å². The minimum absolute atomic E-state index is 0.0519. The molecule has 0 spiro atoms. The van der Waals surface area contributed by atoms with E-state index in [9.17, 15) is 18.0 Å². The van der Waals surface area contributed by atoms with Crippen LogP contribution in [0.15, 0.2) is 4.42 Å². The second-order valence-electron chi connectivity index (χ2n) is 4.28. The van der Waals surface area contributed by atoms with Crippen molar-refractivity contribution in [3.8, 4) is 0 Å². The van der Waals surface area contributed by atoms with Gasteiger partial charge in [-0.2, -0.15) is 13.2 Å². The van der Waals surface area contributed by atoms with E-state index in [2.05, 4.69) is 4.98 Å². The van der Waals surface area contributed by atoms with Crippen LogP contribution in [0.2, 0.25) is 0 Å². The molecule has 0 bridgehead atoms. The molecule has 1 aliphatic rings. The average molecular weight is 279 g/mol. The van der Waals surface area contributed by atoms with Gasteiger partial charge in [-0.3, -0.25) is 0 Å². The summed E-state index contributed by atoms with van der Waals surface area (Å²) in [6, 6.07) is 0. The van der Waals surface area contributed by atoms with Crippen molar-refractivity contribution in [1.82, 2.24) is 4.98 Å². The molecule has 2 rings (SSSR count). The topological polar surface area (TPSA) is 72.6 Å². The Kier molecular flexibility index (Phi) is 3.79. The molecule has 0 radical (unpaired) electrons. The van der Waals surface area contributed by atoms with Crippen LogP contribution in [-0.2, 0) is 17.3 Å². The van der Waals surface area contributed by atoms with Crippen LogP contribution in [0.5, 0.6) is 0 Å². The Morgan fingerprint density at radius 1 is 1.42 bits per heavy atom. The van der Waals surface area contributed by atoms with Gasteiger partial charge in [-0.25, -0.2) is 9.78 Å². The summed E-state index contributed by atoms with van der Waals surface area (Å²) in [6.45, 7) is 0.545. The summed E-state index contributed by atoms with van der Waals surface area (Å²) in [4.78, 5) is 14.0. The molecule has 5 nitrogen and oxygen atoms in total. The third-order valence-electron chi connectivity index (χ3n) is 2.81. The molecule has 1 N–H and O–H groups in total.